The van der Waals surface area contributed by atoms with Crippen LogP contribution in [-0.4, -0.2) is 43.7 Å². The average Bonchev–Trinajstić information content (AvgIpc) is 2.27. The fraction of sp³-hybridized carbons (Fsp3) is 0.923. The number of carbonyl (C=O) groups is 1. The normalized spacial score (nSPS) is 12.1. The van der Waals surface area contributed by atoms with Gasteiger partial charge in [-0.25, -0.2) is 0 Å². The molecule has 0 aromatic heterocycles. The number of hydrogen-bond donors (Lipinski definition) is 1. The Bertz CT molecular complexity index is 205. The number of ether oxygens (including phenoxy) is 1. The lowest BCUT2D eigenvalue weighted by atomic mass is 10.0. The molecule has 0 radical (unpaired) electrons. The van der Waals surface area contributed by atoms with Crippen molar-refractivity contribution in [2.45, 2.75) is 46.1 Å². The van der Waals surface area contributed by atoms with Gasteiger partial charge in [0.2, 0.25) is 5.91 Å². The fourth-order valence-electron chi connectivity index (χ4n) is 1.73. The number of nitrogens with two attached hydrogens (primary N) is 1. The molecule has 0 saturated heterocycles. The summed E-state index contributed by atoms with van der Waals surface area (Å²) in [5.74, 6) is 0.508. The molecular weight excluding hydrogens is 252 g/mol. The smallest absolute Gasteiger partial charge is 0.239 e. The van der Waals surface area contributed by atoms with E-state index in [1.54, 1.807) is 7.11 Å². The van der Waals surface area contributed by atoms with E-state index >= 15 is 0 Å². The third-order valence-electron chi connectivity index (χ3n) is 2.70. The summed E-state index contributed by atoms with van der Waals surface area (Å²) in [6.45, 7) is 8.28. The van der Waals surface area contributed by atoms with Crippen molar-refractivity contribution in [3.05, 3.63) is 0 Å². The van der Waals surface area contributed by atoms with Gasteiger partial charge in [0.05, 0.1) is 12.6 Å². The van der Waals surface area contributed by atoms with Crippen LogP contribution in [0.15, 0.2) is 0 Å². The Balaban J connectivity index is 0. The molecule has 0 bridgehead atoms. The van der Waals surface area contributed by atoms with Gasteiger partial charge in [-0.2, -0.15) is 0 Å². The highest BCUT2D eigenvalue weighted by Crippen LogP contribution is 2.07. The zero-order valence-corrected chi connectivity index (χ0v) is 13.0. The first-order valence-corrected chi connectivity index (χ1v) is 6.56. The van der Waals surface area contributed by atoms with E-state index in [-0.39, 0.29) is 24.4 Å². The summed E-state index contributed by atoms with van der Waals surface area (Å²) in [6, 6.07) is -0.372. The molecule has 18 heavy (non-hydrogen) atoms. The first kappa shape index (κ1) is 20.0. The molecule has 0 aliphatic heterocycles. The maximum absolute atomic E-state index is 12.1. The van der Waals surface area contributed by atoms with Crippen LogP contribution in [0.1, 0.15) is 40.0 Å². The van der Waals surface area contributed by atoms with Crippen LogP contribution >= 0.6 is 12.4 Å². The van der Waals surface area contributed by atoms with E-state index in [9.17, 15) is 4.79 Å². The van der Waals surface area contributed by atoms with E-state index in [0.29, 0.717) is 19.1 Å². The van der Waals surface area contributed by atoms with Crippen molar-refractivity contribution >= 4 is 18.3 Å². The Morgan fingerprint density at radius 1 is 1.33 bits per heavy atom. The monoisotopic (exact) mass is 280 g/mol. The zero-order valence-electron chi connectivity index (χ0n) is 12.1. The van der Waals surface area contributed by atoms with Crippen molar-refractivity contribution < 1.29 is 9.53 Å². The molecule has 5 heteroatoms. The van der Waals surface area contributed by atoms with Gasteiger partial charge in [0.25, 0.3) is 0 Å². The molecule has 1 atom stereocenters. The van der Waals surface area contributed by atoms with Crippen LogP contribution < -0.4 is 5.73 Å². The first-order valence-electron chi connectivity index (χ1n) is 6.56. The predicted octanol–water partition coefficient (Wildman–Crippen LogP) is 2.06. The Kier molecular flexibility index (Phi) is 13.1. The Labute approximate surface area is 118 Å². The van der Waals surface area contributed by atoms with Crippen molar-refractivity contribution in [3.8, 4) is 0 Å². The summed E-state index contributed by atoms with van der Waals surface area (Å²) in [6.07, 6.45) is 2.84. The highest BCUT2D eigenvalue weighted by molar-refractivity contribution is 5.85. The van der Waals surface area contributed by atoms with Gasteiger partial charge in [0, 0.05) is 20.2 Å². The summed E-state index contributed by atoms with van der Waals surface area (Å²) < 4.78 is 5.03. The molecule has 0 aromatic carbocycles. The number of methoxy groups -OCH3 is 1. The SMILES string of the molecule is CCCCN(CCOC)C(=O)[C@@H](N)CC(C)C.Cl. The molecule has 0 heterocycles. The molecule has 2 N–H and O–H groups in total. The van der Waals surface area contributed by atoms with E-state index in [2.05, 4.69) is 20.8 Å². The van der Waals surface area contributed by atoms with Gasteiger partial charge in [-0.1, -0.05) is 27.2 Å². The first-order chi connectivity index (χ1) is 8.02. The van der Waals surface area contributed by atoms with Gasteiger partial charge in [-0.15, -0.1) is 12.4 Å². The van der Waals surface area contributed by atoms with E-state index in [1.165, 1.54) is 0 Å². The third kappa shape index (κ3) is 8.72. The molecule has 110 valence electrons. The van der Waals surface area contributed by atoms with Crippen LogP contribution in [0.2, 0.25) is 0 Å². The van der Waals surface area contributed by atoms with Gasteiger partial charge >= 0.3 is 0 Å². The highest BCUT2D eigenvalue weighted by atomic mass is 35.5. The number of hydrogen-bond acceptors (Lipinski definition) is 3. The van der Waals surface area contributed by atoms with E-state index in [1.807, 2.05) is 4.90 Å². The molecule has 0 aromatic rings. The number of unbranched alkanes of at least 4 members (excludes halogenated alkanes) is 1. The van der Waals surface area contributed by atoms with E-state index < -0.39 is 0 Å². The maximum Gasteiger partial charge on any atom is 0.239 e. The highest BCUT2D eigenvalue weighted by Gasteiger charge is 2.21. The molecule has 0 saturated carbocycles. The number of rotatable bonds is 9. The van der Waals surface area contributed by atoms with Crippen LogP contribution in [0.3, 0.4) is 0 Å². The molecule has 1 amide bonds. The summed E-state index contributed by atoms with van der Waals surface area (Å²) >= 11 is 0. The minimum atomic E-state index is -0.372. The lowest BCUT2D eigenvalue weighted by Crippen LogP contribution is -2.46. The molecular formula is C13H29ClN2O2. The van der Waals surface area contributed by atoms with Gasteiger partial charge in [0.15, 0.2) is 0 Å². The van der Waals surface area contributed by atoms with Crippen LogP contribution in [0.5, 0.6) is 0 Å². The van der Waals surface area contributed by atoms with E-state index in [4.69, 9.17) is 10.5 Å². The second-order valence-electron chi connectivity index (χ2n) is 4.91. The number of amides is 1. The van der Waals surface area contributed by atoms with Gasteiger partial charge in [0.1, 0.15) is 0 Å². The average molecular weight is 281 g/mol. The van der Waals surface area contributed by atoms with Crippen molar-refractivity contribution in [3.63, 3.8) is 0 Å². The summed E-state index contributed by atoms with van der Waals surface area (Å²) in [7, 11) is 1.65. The van der Waals surface area contributed by atoms with Crippen molar-refractivity contribution in [2.75, 3.05) is 26.8 Å². The largest absolute Gasteiger partial charge is 0.383 e. The number of halogens is 1. The lowest BCUT2D eigenvalue weighted by molar-refractivity contribution is -0.133. The molecule has 0 spiro atoms. The van der Waals surface area contributed by atoms with Crippen molar-refractivity contribution in [1.29, 1.82) is 0 Å². The van der Waals surface area contributed by atoms with E-state index in [0.717, 1.165) is 25.8 Å². The Morgan fingerprint density at radius 3 is 2.39 bits per heavy atom. The molecule has 0 aliphatic rings. The third-order valence-corrected chi connectivity index (χ3v) is 2.70. The quantitative estimate of drug-likeness (QED) is 0.703. The standard InChI is InChI=1S/C13H28N2O2.ClH/c1-5-6-7-15(8-9-17-4)13(16)12(14)10-11(2)3;/h11-12H,5-10,14H2,1-4H3;1H/t12-;/m0./s1. The van der Waals surface area contributed by atoms with Crippen molar-refractivity contribution in [2.24, 2.45) is 11.7 Å². The van der Waals surface area contributed by atoms with Crippen LogP contribution in [0.4, 0.5) is 0 Å². The second kappa shape index (κ2) is 11.8. The molecule has 0 rings (SSSR count). The predicted molar refractivity (Wildman–Crippen MR) is 78.0 cm³/mol. The minimum Gasteiger partial charge on any atom is -0.383 e. The Hall–Kier alpha value is -0.320. The zero-order chi connectivity index (χ0) is 13.3. The van der Waals surface area contributed by atoms with Crippen LogP contribution in [0, 0.1) is 5.92 Å². The Morgan fingerprint density at radius 2 is 1.94 bits per heavy atom. The van der Waals surface area contributed by atoms with Gasteiger partial charge < -0.3 is 15.4 Å². The molecule has 4 nitrogen and oxygen atoms in total. The summed E-state index contributed by atoms with van der Waals surface area (Å²) in [5.41, 5.74) is 5.93. The van der Waals surface area contributed by atoms with Crippen molar-refractivity contribution in [1.82, 2.24) is 4.90 Å². The lowest BCUT2D eigenvalue weighted by Gasteiger charge is -2.26. The second-order valence-corrected chi connectivity index (χ2v) is 4.91. The fourth-order valence-corrected chi connectivity index (χ4v) is 1.73. The summed E-state index contributed by atoms with van der Waals surface area (Å²) in [5, 5.41) is 0. The topological polar surface area (TPSA) is 55.6 Å². The van der Waals surface area contributed by atoms with Crippen LogP contribution in [0.25, 0.3) is 0 Å². The van der Waals surface area contributed by atoms with Crippen LogP contribution in [-0.2, 0) is 9.53 Å². The minimum absolute atomic E-state index is 0. The number of nitrogens with zero attached hydrogens (tertiary/aromatic N) is 1. The molecule has 0 aliphatic carbocycles. The molecule has 0 unspecified atom stereocenters. The summed E-state index contributed by atoms with van der Waals surface area (Å²) in [4.78, 5) is 14.0. The number of carbonyl (C=O) groups excluding carboxylic acids is 1. The maximum atomic E-state index is 12.1. The van der Waals surface area contributed by atoms with Gasteiger partial charge in [-0.3, -0.25) is 4.79 Å². The molecule has 0 fully saturated rings. The van der Waals surface area contributed by atoms with Gasteiger partial charge in [-0.05, 0) is 18.8 Å².